The van der Waals surface area contributed by atoms with Gasteiger partial charge in [-0.2, -0.15) is 0 Å². The standard InChI is InChI=1S/C15H19Cl2N3/c1-4-7-20-14(18)13(19-15(20)9(2)3)11-8-10(16)5-6-12(11)17/h5-6,8-9H,4,7,18H2,1-3H3. The number of imidazole rings is 1. The van der Waals surface area contributed by atoms with Gasteiger partial charge in [-0.05, 0) is 24.6 Å². The van der Waals surface area contributed by atoms with Crippen LogP contribution in [0.15, 0.2) is 18.2 Å². The Morgan fingerprint density at radius 1 is 1.30 bits per heavy atom. The molecule has 1 aromatic heterocycles. The molecule has 0 spiro atoms. The third-order valence-electron chi connectivity index (χ3n) is 3.18. The molecule has 0 aliphatic heterocycles. The van der Waals surface area contributed by atoms with Crippen molar-refractivity contribution in [2.45, 2.75) is 39.7 Å². The average molecular weight is 312 g/mol. The number of anilines is 1. The van der Waals surface area contributed by atoms with E-state index in [1.54, 1.807) is 12.1 Å². The maximum Gasteiger partial charge on any atom is 0.131 e. The lowest BCUT2D eigenvalue weighted by molar-refractivity contribution is 0.616. The van der Waals surface area contributed by atoms with Crippen LogP contribution in [0.2, 0.25) is 10.0 Å². The maximum atomic E-state index is 6.28. The van der Waals surface area contributed by atoms with Crippen molar-refractivity contribution in [1.29, 1.82) is 0 Å². The molecule has 2 N–H and O–H groups in total. The van der Waals surface area contributed by atoms with E-state index >= 15 is 0 Å². The monoisotopic (exact) mass is 311 g/mol. The van der Waals surface area contributed by atoms with Gasteiger partial charge in [-0.1, -0.05) is 44.0 Å². The van der Waals surface area contributed by atoms with Crippen molar-refractivity contribution in [1.82, 2.24) is 9.55 Å². The molecular formula is C15H19Cl2N3. The number of aromatic nitrogens is 2. The van der Waals surface area contributed by atoms with Gasteiger partial charge in [0.2, 0.25) is 0 Å². The summed E-state index contributed by atoms with van der Waals surface area (Å²) in [5.41, 5.74) is 7.78. The Morgan fingerprint density at radius 3 is 2.60 bits per heavy atom. The van der Waals surface area contributed by atoms with Gasteiger partial charge in [-0.15, -0.1) is 0 Å². The molecule has 0 aliphatic rings. The second kappa shape index (κ2) is 6.06. The number of nitrogens with two attached hydrogens (primary N) is 1. The van der Waals surface area contributed by atoms with Crippen LogP contribution in [-0.2, 0) is 6.54 Å². The zero-order valence-corrected chi connectivity index (χ0v) is 13.5. The molecule has 0 atom stereocenters. The highest BCUT2D eigenvalue weighted by Gasteiger charge is 2.19. The number of hydrogen-bond donors (Lipinski definition) is 1. The summed E-state index contributed by atoms with van der Waals surface area (Å²) < 4.78 is 2.07. The van der Waals surface area contributed by atoms with Crippen LogP contribution in [0, 0.1) is 0 Å². The van der Waals surface area contributed by atoms with E-state index in [1.165, 1.54) is 0 Å². The molecule has 0 amide bonds. The van der Waals surface area contributed by atoms with Gasteiger partial charge < -0.3 is 10.3 Å². The molecule has 108 valence electrons. The summed E-state index contributed by atoms with van der Waals surface area (Å²) >= 11 is 12.3. The largest absolute Gasteiger partial charge is 0.383 e. The quantitative estimate of drug-likeness (QED) is 0.866. The molecule has 1 aromatic carbocycles. The first-order valence-electron chi connectivity index (χ1n) is 6.77. The highest BCUT2D eigenvalue weighted by molar-refractivity contribution is 6.35. The number of rotatable bonds is 4. The van der Waals surface area contributed by atoms with Gasteiger partial charge in [-0.25, -0.2) is 4.98 Å². The van der Waals surface area contributed by atoms with E-state index in [2.05, 4.69) is 25.3 Å². The SMILES string of the molecule is CCCn1c(C(C)C)nc(-c2cc(Cl)ccc2Cl)c1N. The fraction of sp³-hybridized carbons (Fsp3) is 0.400. The average Bonchev–Trinajstić information content (AvgIpc) is 2.71. The van der Waals surface area contributed by atoms with E-state index in [9.17, 15) is 0 Å². The number of benzene rings is 1. The molecule has 0 fully saturated rings. The highest BCUT2D eigenvalue weighted by atomic mass is 35.5. The van der Waals surface area contributed by atoms with Crippen LogP contribution in [0.3, 0.4) is 0 Å². The van der Waals surface area contributed by atoms with Crippen molar-refractivity contribution in [2.75, 3.05) is 5.73 Å². The first-order valence-corrected chi connectivity index (χ1v) is 7.52. The summed E-state index contributed by atoms with van der Waals surface area (Å²) in [7, 11) is 0. The minimum Gasteiger partial charge on any atom is -0.383 e. The Bertz CT molecular complexity index is 618. The zero-order valence-electron chi connectivity index (χ0n) is 12.0. The van der Waals surface area contributed by atoms with Crippen LogP contribution in [-0.4, -0.2) is 9.55 Å². The van der Waals surface area contributed by atoms with E-state index in [-0.39, 0.29) is 0 Å². The predicted octanol–water partition coefficient (Wildman–Crippen LogP) is 4.97. The molecule has 1 heterocycles. The van der Waals surface area contributed by atoms with E-state index < -0.39 is 0 Å². The topological polar surface area (TPSA) is 43.8 Å². The molecule has 3 nitrogen and oxygen atoms in total. The summed E-state index contributed by atoms with van der Waals surface area (Å²) in [6.07, 6.45) is 1.00. The van der Waals surface area contributed by atoms with Crippen molar-refractivity contribution in [3.8, 4) is 11.3 Å². The fourth-order valence-corrected chi connectivity index (χ4v) is 2.64. The van der Waals surface area contributed by atoms with Crippen LogP contribution in [0.25, 0.3) is 11.3 Å². The Labute approximate surface area is 129 Å². The molecule has 0 aliphatic carbocycles. The second-order valence-electron chi connectivity index (χ2n) is 5.13. The van der Waals surface area contributed by atoms with Gasteiger partial charge in [0.15, 0.2) is 0 Å². The Morgan fingerprint density at radius 2 is 2.00 bits per heavy atom. The van der Waals surface area contributed by atoms with Gasteiger partial charge in [0.1, 0.15) is 17.3 Å². The minimum atomic E-state index is 0.301. The van der Waals surface area contributed by atoms with Crippen molar-refractivity contribution in [3.05, 3.63) is 34.1 Å². The predicted molar refractivity (Wildman–Crippen MR) is 86.5 cm³/mol. The van der Waals surface area contributed by atoms with E-state index in [0.717, 1.165) is 30.0 Å². The lowest BCUT2D eigenvalue weighted by atomic mass is 10.1. The third kappa shape index (κ3) is 2.79. The highest BCUT2D eigenvalue weighted by Crippen LogP contribution is 2.35. The van der Waals surface area contributed by atoms with Crippen LogP contribution in [0.4, 0.5) is 5.82 Å². The molecule has 0 radical (unpaired) electrons. The summed E-state index contributed by atoms with van der Waals surface area (Å²) in [5, 5.41) is 1.23. The molecule has 2 aromatic rings. The van der Waals surface area contributed by atoms with E-state index in [1.807, 2.05) is 6.07 Å². The summed E-state index contributed by atoms with van der Waals surface area (Å²) in [6.45, 7) is 7.19. The van der Waals surface area contributed by atoms with Crippen molar-refractivity contribution < 1.29 is 0 Å². The van der Waals surface area contributed by atoms with Gasteiger partial charge >= 0.3 is 0 Å². The molecule has 5 heteroatoms. The van der Waals surface area contributed by atoms with Crippen molar-refractivity contribution >= 4 is 29.0 Å². The fourth-order valence-electron chi connectivity index (χ4n) is 2.26. The molecule has 0 bridgehead atoms. The zero-order chi connectivity index (χ0) is 14.9. The second-order valence-corrected chi connectivity index (χ2v) is 5.98. The smallest absolute Gasteiger partial charge is 0.131 e. The molecule has 0 unspecified atom stereocenters. The van der Waals surface area contributed by atoms with Crippen LogP contribution in [0.1, 0.15) is 38.9 Å². The van der Waals surface area contributed by atoms with Gasteiger partial charge in [0, 0.05) is 23.0 Å². The summed E-state index contributed by atoms with van der Waals surface area (Å²) in [4.78, 5) is 4.69. The molecule has 20 heavy (non-hydrogen) atoms. The molecule has 0 saturated heterocycles. The minimum absolute atomic E-state index is 0.301. The Hall–Kier alpha value is -1.19. The summed E-state index contributed by atoms with van der Waals surface area (Å²) in [6, 6.07) is 5.34. The Kier molecular flexibility index (Phi) is 4.61. The lowest BCUT2D eigenvalue weighted by Gasteiger charge is -2.10. The van der Waals surface area contributed by atoms with Crippen molar-refractivity contribution in [3.63, 3.8) is 0 Å². The number of nitrogens with zero attached hydrogens (tertiary/aromatic N) is 2. The van der Waals surface area contributed by atoms with Crippen LogP contribution in [0.5, 0.6) is 0 Å². The van der Waals surface area contributed by atoms with Crippen molar-refractivity contribution in [2.24, 2.45) is 0 Å². The van der Waals surface area contributed by atoms with Crippen LogP contribution < -0.4 is 5.73 Å². The summed E-state index contributed by atoms with van der Waals surface area (Å²) in [5.74, 6) is 1.94. The molecule has 0 saturated carbocycles. The first-order chi connectivity index (χ1) is 9.45. The van der Waals surface area contributed by atoms with Gasteiger partial charge in [0.25, 0.3) is 0 Å². The first kappa shape index (κ1) is 15.2. The van der Waals surface area contributed by atoms with Gasteiger partial charge in [0.05, 0.1) is 5.02 Å². The number of halogens is 2. The van der Waals surface area contributed by atoms with Gasteiger partial charge in [-0.3, -0.25) is 0 Å². The number of nitrogen functional groups attached to an aromatic ring is 1. The van der Waals surface area contributed by atoms with Crippen LogP contribution >= 0.6 is 23.2 Å². The van der Waals surface area contributed by atoms with E-state index in [4.69, 9.17) is 33.9 Å². The van der Waals surface area contributed by atoms with E-state index in [0.29, 0.717) is 21.8 Å². The maximum absolute atomic E-state index is 6.28. The normalized spacial score (nSPS) is 11.3. The Balaban J connectivity index is 2.63. The molecule has 2 rings (SSSR count). The number of hydrogen-bond acceptors (Lipinski definition) is 2. The molecular weight excluding hydrogens is 293 g/mol. The lowest BCUT2D eigenvalue weighted by Crippen LogP contribution is -2.08. The third-order valence-corrected chi connectivity index (χ3v) is 3.75.